The van der Waals surface area contributed by atoms with E-state index in [2.05, 4.69) is 59.1 Å². The van der Waals surface area contributed by atoms with Gasteiger partial charge in [-0.25, -0.2) is 4.98 Å². The highest BCUT2D eigenvalue weighted by atomic mass is 16.1. The largest absolute Gasteiger partial charge is 0.326 e. The van der Waals surface area contributed by atoms with Gasteiger partial charge in [-0.3, -0.25) is 9.36 Å². The molecule has 4 aromatic rings. The van der Waals surface area contributed by atoms with Crippen molar-refractivity contribution < 1.29 is 4.79 Å². The van der Waals surface area contributed by atoms with E-state index in [0.29, 0.717) is 0 Å². The van der Waals surface area contributed by atoms with E-state index in [9.17, 15) is 4.79 Å². The third-order valence-corrected chi connectivity index (χ3v) is 5.99. The number of fused-ring (bicyclic) bond motifs is 3. The average Bonchev–Trinajstić information content (AvgIpc) is 3.06. The summed E-state index contributed by atoms with van der Waals surface area (Å²) < 4.78 is 2.33. The summed E-state index contributed by atoms with van der Waals surface area (Å²) in [5, 5.41) is 4.17. The van der Waals surface area contributed by atoms with Gasteiger partial charge in [-0.15, -0.1) is 0 Å². The Morgan fingerprint density at radius 2 is 1.94 bits per heavy atom. The smallest absolute Gasteiger partial charge is 0.221 e. The number of carbonyl (C=O) groups is 1. The van der Waals surface area contributed by atoms with Crippen LogP contribution in [0.25, 0.3) is 27.8 Å². The van der Waals surface area contributed by atoms with E-state index in [4.69, 9.17) is 4.98 Å². The summed E-state index contributed by atoms with van der Waals surface area (Å²) in [4.78, 5) is 18.6. The van der Waals surface area contributed by atoms with Gasteiger partial charge in [-0.2, -0.15) is 0 Å². The number of nitrogens with one attached hydrogen (secondary N) is 1. The van der Waals surface area contributed by atoms with Gasteiger partial charge in [-0.1, -0.05) is 23.8 Å². The minimum absolute atomic E-state index is 0.0734. The molecule has 3 heterocycles. The molecule has 1 amide bonds. The molecular weight excluding hydrogens is 384 g/mol. The maximum Gasteiger partial charge on any atom is 0.221 e. The summed E-state index contributed by atoms with van der Waals surface area (Å²) in [7, 11) is 2.18. The van der Waals surface area contributed by atoms with E-state index in [1.54, 1.807) is 0 Å². The van der Waals surface area contributed by atoms with Crippen molar-refractivity contribution in [3.05, 3.63) is 77.6 Å². The first kappa shape index (κ1) is 19.5. The Hall–Kier alpha value is -3.44. The van der Waals surface area contributed by atoms with Crippen LogP contribution >= 0.6 is 0 Å². The number of anilines is 1. The lowest BCUT2D eigenvalue weighted by Gasteiger charge is -2.24. The highest BCUT2D eigenvalue weighted by Crippen LogP contribution is 2.34. The third kappa shape index (κ3) is 3.62. The van der Waals surface area contributed by atoms with Crippen LogP contribution in [0.15, 0.2) is 60.8 Å². The second kappa shape index (κ2) is 7.67. The highest BCUT2D eigenvalue weighted by molar-refractivity contribution is 5.90. The molecule has 1 aliphatic heterocycles. The van der Waals surface area contributed by atoms with Crippen LogP contribution in [0.3, 0.4) is 0 Å². The second-order valence-corrected chi connectivity index (χ2v) is 8.44. The van der Waals surface area contributed by atoms with Crippen LogP contribution in [0.1, 0.15) is 23.7 Å². The van der Waals surface area contributed by atoms with Gasteiger partial charge in [0.25, 0.3) is 0 Å². The summed E-state index contributed by atoms with van der Waals surface area (Å²) in [6.45, 7) is 5.69. The Balaban J connectivity index is 1.57. The number of benzene rings is 2. The molecular formula is C26H26N4O. The van der Waals surface area contributed by atoms with Gasteiger partial charge in [0.15, 0.2) is 0 Å². The second-order valence-electron chi connectivity index (χ2n) is 8.44. The molecule has 0 saturated carbocycles. The fraction of sp³-hybridized carbons (Fsp3) is 0.231. The van der Waals surface area contributed by atoms with E-state index in [1.165, 1.54) is 34.6 Å². The fourth-order valence-electron chi connectivity index (χ4n) is 4.54. The number of likely N-dealkylation sites (N-methyl/N-ethyl adjacent to an activating group) is 1. The summed E-state index contributed by atoms with van der Waals surface area (Å²) in [5.41, 5.74) is 8.13. The molecule has 1 N–H and O–H groups in total. The van der Waals surface area contributed by atoms with Crippen LogP contribution in [0.5, 0.6) is 0 Å². The maximum absolute atomic E-state index is 11.4. The monoisotopic (exact) mass is 410 g/mol. The Morgan fingerprint density at radius 1 is 1.06 bits per heavy atom. The first-order valence-corrected chi connectivity index (χ1v) is 10.7. The zero-order valence-electron chi connectivity index (χ0n) is 18.1. The summed E-state index contributed by atoms with van der Waals surface area (Å²) in [6.07, 6.45) is 2.94. The van der Waals surface area contributed by atoms with E-state index in [1.807, 2.05) is 30.5 Å². The lowest BCUT2D eigenvalue weighted by molar-refractivity contribution is -0.114. The number of amides is 1. The highest BCUT2D eigenvalue weighted by Gasteiger charge is 2.23. The molecule has 1 aliphatic rings. The first-order valence-electron chi connectivity index (χ1n) is 10.7. The van der Waals surface area contributed by atoms with Crippen LogP contribution in [0.2, 0.25) is 0 Å². The Kier molecular flexibility index (Phi) is 4.83. The summed E-state index contributed by atoms with van der Waals surface area (Å²) in [6, 6.07) is 18.7. The summed E-state index contributed by atoms with van der Waals surface area (Å²) >= 11 is 0. The van der Waals surface area contributed by atoms with Crippen molar-refractivity contribution in [3.8, 4) is 16.9 Å². The van der Waals surface area contributed by atoms with Crippen LogP contribution < -0.4 is 5.32 Å². The molecule has 31 heavy (non-hydrogen) atoms. The van der Waals surface area contributed by atoms with Gasteiger partial charge in [0, 0.05) is 55.0 Å². The predicted molar refractivity (Wildman–Crippen MR) is 126 cm³/mol. The average molecular weight is 411 g/mol. The number of carbonyl (C=O) groups excluding carboxylic acids is 1. The Morgan fingerprint density at radius 3 is 2.71 bits per heavy atom. The van der Waals surface area contributed by atoms with Crippen LogP contribution in [-0.4, -0.2) is 34.0 Å². The van der Waals surface area contributed by atoms with Crippen molar-refractivity contribution in [1.82, 2.24) is 14.5 Å². The summed E-state index contributed by atoms with van der Waals surface area (Å²) in [5.74, 6) is 0.872. The lowest BCUT2D eigenvalue weighted by Crippen LogP contribution is -2.27. The van der Waals surface area contributed by atoms with E-state index >= 15 is 0 Å². The number of pyridine rings is 1. The van der Waals surface area contributed by atoms with Crippen LogP contribution in [0, 0.1) is 6.92 Å². The van der Waals surface area contributed by atoms with Gasteiger partial charge in [0.2, 0.25) is 5.91 Å². The molecule has 2 aromatic carbocycles. The molecule has 5 heteroatoms. The zero-order valence-corrected chi connectivity index (χ0v) is 18.1. The molecule has 156 valence electrons. The number of aryl methyl sites for hydroxylation is 1. The van der Waals surface area contributed by atoms with Crippen LogP contribution in [-0.2, 0) is 17.8 Å². The zero-order chi connectivity index (χ0) is 21.5. The molecule has 0 radical (unpaired) electrons. The fourth-order valence-corrected chi connectivity index (χ4v) is 4.54. The molecule has 0 unspecified atom stereocenters. The number of rotatable bonds is 3. The van der Waals surface area contributed by atoms with Crippen molar-refractivity contribution in [2.24, 2.45) is 0 Å². The van der Waals surface area contributed by atoms with Crippen molar-refractivity contribution in [2.45, 2.75) is 26.8 Å². The standard InChI is InChI=1S/C26H26N4O/c1-17-7-9-24-22(13-17)23-16-29(3)12-11-25(23)30(24)26-10-8-20(15-27-26)19-5-4-6-21(14-19)28-18(2)31/h4-10,13-15H,11-12,16H2,1-3H3,(H,28,31). The molecule has 0 aliphatic carbocycles. The van der Waals surface area contributed by atoms with Gasteiger partial charge >= 0.3 is 0 Å². The van der Waals surface area contributed by atoms with Gasteiger partial charge in [0.1, 0.15) is 5.82 Å². The Bertz CT molecular complexity index is 1290. The van der Waals surface area contributed by atoms with Gasteiger partial charge in [0.05, 0.1) is 5.52 Å². The third-order valence-electron chi connectivity index (χ3n) is 5.99. The van der Waals surface area contributed by atoms with Gasteiger partial charge in [-0.05, 0) is 61.5 Å². The van der Waals surface area contributed by atoms with E-state index in [-0.39, 0.29) is 5.91 Å². The molecule has 0 spiro atoms. The minimum atomic E-state index is -0.0734. The van der Waals surface area contributed by atoms with Crippen molar-refractivity contribution >= 4 is 22.5 Å². The first-order chi connectivity index (χ1) is 15.0. The van der Waals surface area contributed by atoms with Crippen molar-refractivity contribution in [1.29, 1.82) is 0 Å². The SMILES string of the molecule is CC(=O)Nc1cccc(-c2ccc(-n3c4c(c5cc(C)ccc53)CN(C)CC4)nc2)c1. The maximum atomic E-state index is 11.4. The van der Waals surface area contributed by atoms with E-state index < -0.39 is 0 Å². The van der Waals surface area contributed by atoms with Crippen molar-refractivity contribution in [2.75, 3.05) is 18.9 Å². The Labute approximate surface area is 182 Å². The molecule has 5 rings (SSSR count). The van der Waals surface area contributed by atoms with E-state index in [0.717, 1.165) is 42.1 Å². The molecule has 0 saturated heterocycles. The number of hydrogen-bond donors (Lipinski definition) is 1. The lowest BCUT2D eigenvalue weighted by atomic mass is 10.0. The topological polar surface area (TPSA) is 50.2 Å². The number of aromatic nitrogens is 2. The van der Waals surface area contributed by atoms with Crippen molar-refractivity contribution in [3.63, 3.8) is 0 Å². The van der Waals surface area contributed by atoms with Gasteiger partial charge < -0.3 is 10.2 Å². The number of hydrogen-bond acceptors (Lipinski definition) is 3. The molecule has 2 aromatic heterocycles. The molecule has 0 fully saturated rings. The molecule has 5 nitrogen and oxygen atoms in total. The molecule has 0 atom stereocenters. The molecule has 0 bridgehead atoms. The normalized spacial score (nSPS) is 13.9. The minimum Gasteiger partial charge on any atom is -0.326 e. The number of nitrogens with zero attached hydrogens (tertiary/aromatic N) is 3. The quantitative estimate of drug-likeness (QED) is 0.520. The van der Waals surface area contributed by atoms with Crippen LogP contribution in [0.4, 0.5) is 5.69 Å². The predicted octanol–water partition coefficient (Wildman–Crippen LogP) is 4.95.